The van der Waals surface area contributed by atoms with Gasteiger partial charge in [-0.2, -0.15) is 5.26 Å². The van der Waals surface area contributed by atoms with Gasteiger partial charge in [0.05, 0.1) is 23.1 Å². The Labute approximate surface area is 89.1 Å². The largest absolute Gasteiger partial charge is 0.266 e. The van der Waals surface area contributed by atoms with Crippen molar-refractivity contribution in [2.75, 3.05) is 0 Å². The highest BCUT2D eigenvalue weighted by Crippen LogP contribution is 2.32. The molecule has 0 aliphatic carbocycles. The molecule has 0 aliphatic heterocycles. The summed E-state index contributed by atoms with van der Waals surface area (Å²) in [5.41, 5.74) is -0.255. The molecule has 1 heterocycles. The van der Waals surface area contributed by atoms with E-state index in [1.54, 1.807) is 6.07 Å². The number of pyridine rings is 1. The van der Waals surface area contributed by atoms with Crippen LogP contribution in [0.15, 0.2) is 6.20 Å². The average molecular weight is 237 g/mol. The van der Waals surface area contributed by atoms with Crippen molar-refractivity contribution in [1.29, 1.82) is 5.26 Å². The first-order valence-corrected chi connectivity index (χ1v) is 4.31. The standard InChI is InChI=1S/C8H4Cl2F2N2/c9-6-4(1-2-13)7(10)14-3-5(6)8(11)12/h3,8H,1H2. The van der Waals surface area contributed by atoms with Crippen LogP contribution in [0.5, 0.6) is 0 Å². The Bertz CT molecular complexity index is 388. The van der Waals surface area contributed by atoms with E-state index in [0.29, 0.717) is 0 Å². The molecule has 0 amide bonds. The molecule has 0 spiro atoms. The fourth-order valence-corrected chi connectivity index (χ4v) is 1.45. The molecule has 0 fully saturated rings. The lowest BCUT2D eigenvalue weighted by Gasteiger charge is -2.07. The van der Waals surface area contributed by atoms with Gasteiger partial charge >= 0.3 is 0 Å². The minimum atomic E-state index is -2.72. The molecule has 1 aromatic rings. The molecule has 2 nitrogen and oxygen atoms in total. The molecule has 0 N–H and O–H groups in total. The molecule has 1 rings (SSSR count). The summed E-state index contributed by atoms with van der Waals surface area (Å²) in [5, 5.41) is 8.22. The van der Waals surface area contributed by atoms with E-state index < -0.39 is 12.0 Å². The molecule has 0 aromatic carbocycles. The van der Waals surface area contributed by atoms with Gasteiger partial charge in [0.25, 0.3) is 6.43 Å². The topological polar surface area (TPSA) is 36.7 Å². The Morgan fingerprint density at radius 1 is 1.50 bits per heavy atom. The highest BCUT2D eigenvalue weighted by Gasteiger charge is 2.17. The van der Waals surface area contributed by atoms with Crippen LogP contribution in [0, 0.1) is 11.3 Å². The minimum absolute atomic E-state index is 0.0130. The van der Waals surface area contributed by atoms with Crippen molar-refractivity contribution in [2.45, 2.75) is 12.8 Å². The number of alkyl halides is 2. The molecule has 6 heteroatoms. The molecule has 0 saturated carbocycles. The number of hydrogen-bond acceptors (Lipinski definition) is 2. The van der Waals surface area contributed by atoms with Crippen LogP contribution in [-0.4, -0.2) is 4.98 Å². The van der Waals surface area contributed by atoms with Crippen molar-refractivity contribution in [2.24, 2.45) is 0 Å². The molecule has 14 heavy (non-hydrogen) atoms. The van der Waals surface area contributed by atoms with Gasteiger partial charge in [0.15, 0.2) is 0 Å². The maximum absolute atomic E-state index is 12.3. The van der Waals surface area contributed by atoms with Crippen molar-refractivity contribution in [3.8, 4) is 6.07 Å². The number of nitrogens with zero attached hydrogens (tertiary/aromatic N) is 2. The van der Waals surface area contributed by atoms with Gasteiger partial charge < -0.3 is 0 Å². The minimum Gasteiger partial charge on any atom is -0.244 e. The maximum atomic E-state index is 12.3. The van der Waals surface area contributed by atoms with Gasteiger partial charge in [0, 0.05) is 11.8 Å². The summed E-state index contributed by atoms with van der Waals surface area (Å²) < 4.78 is 24.7. The van der Waals surface area contributed by atoms with Gasteiger partial charge in [-0.1, -0.05) is 23.2 Å². The fourth-order valence-electron chi connectivity index (χ4n) is 0.907. The molecule has 0 atom stereocenters. The normalized spacial score (nSPS) is 10.3. The van der Waals surface area contributed by atoms with Crippen LogP contribution in [-0.2, 0) is 6.42 Å². The lowest BCUT2D eigenvalue weighted by molar-refractivity contribution is 0.151. The van der Waals surface area contributed by atoms with Crippen molar-refractivity contribution >= 4 is 23.2 Å². The number of halogens is 4. The van der Waals surface area contributed by atoms with E-state index in [-0.39, 0.29) is 22.2 Å². The number of nitriles is 1. The Kier molecular flexibility index (Phi) is 3.62. The zero-order chi connectivity index (χ0) is 10.7. The van der Waals surface area contributed by atoms with E-state index in [2.05, 4.69) is 4.98 Å². The second-order valence-electron chi connectivity index (χ2n) is 2.43. The van der Waals surface area contributed by atoms with Crippen LogP contribution in [0.4, 0.5) is 8.78 Å². The average Bonchev–Trinajstić information content (AvgIpc) is 2.11. The molecule has 0 unspecified atom stereocenters. The van der Waals surface area contributed by atoms with Gasteiger partial charge in [0.2, 0.25) is 0 Å². The molecule has 74 valence electrons. The van der Waals surface area contributed by atoms with Crippen LogP contribution in [0.1, 0.15) is 17.6 Å². The second kappa shape index (κ2) is 4.54. The molecule has 0 radical (unpaired) electrons. The Morgan fingerprint density at radius 2 is 2.14 bits per heavy atom. The SMILES string of the molecule is N#CCc1c(Cl)ncc(C(F)F)c1Cl. The van der Waals surface area contributed by atoms with Crippen LogP contribution in [0.25, 0.3) is 0 Å². The summed E-state index contributed by atoms with van der Waals surface area (Å²) in [7, 11) is 0. The van der Waals surface area contributed by atoms with E-state index in [1.165, 1.54) is 0 Å². The van der Waals surface area contributed by atoms with E-state index >= 15 is 0 Å². The maximum Gasteiger partial charge on any atom is 0.266 e. The Hall–Kier alpha value is -0.920. The first-order valence-electron chi connectivity index (χ1n) is 3.55. The molecular weight excluding hydrogens is 233 g/mol. The predicted molar refractivity (Wildman–Crippen MR) is 48.5 cm³/mol. The van der Waals surface area contributed by atoms with Crippen molar-refractivity contribution in [3.63, 3.8) is 0 Å². The predicted octanol–water partition coefficient (Wildman–Crippen LogP) is 3.39. The van der Waals surface area contributed by atoms with E-state index in [1.807, 2.05) is 0 Å². The van der Waals surface area contributed by atoms with E-state index in [4.69, 9.17) is 28.5 Å². The summed E-state index contributed by atoms with van der Waals surface area (Å²) in [5.74, 6) is 0. The molecule has 1 aromatic heterocycles. The van der Waals surface area contributed by atoms with Gasteiger partial charge in [-0.15, -0.1) is 0 Å². The summed E-state index contributed by atoms with van der Waals surface area (Å²) >= 11 is 11.2. The molecular formula is C8H4Cl2F2N2. The van der Waals surface area contributed by atoms with Crippen molar-refractivity contribution in [3.05, 3.63) is 27.5 Å². The van der Waals surface area contributed by atoms with Crippen LogP contribution in [0.3, 0.4) is 0 Å². The smallest absolute Gasteiger partial charge is 0.244 e. The number of hydrogen-bond donors (Lipinski definition) is 0. The lowest BCUT2D eigenvalue weighted by Crippen LogP contribution is -1.95. The van der Waals surface area contributed by atoms with Crippen LogP contribution in [0.2, 0.25) is 10.2 Å². The van der Waals surface area contributed by atoms with Crippen LogP contribution < -0.4 is 0 Å². The monoisotopic (exact) mass is 236 g/mol. The molecule has 0 aliphatic rings. The second-order valence-corrected chi connectivity index (χ2v) is 3.17. The zero-order valence-corrected chi connectivity index (χ0v) is 8.28. The van der Waals surface area contributed by atoms with E-state index in [0.717, 1.165) is 6.20 Å². The third kappa shape index (κ3) is 2.11. The van der Waals surface area contributed by atoms with E-state index in [9.17, 15) is 8.78 Å². The Morgan fingerprint density at radius 3 is 2.64 bits per heavy atom. The van der Waals surface area contributed by atoms with Gasteiger partial charge in [-0.05, 0) is 0 Å². The first kappa shape index (κ1) is 11.2. The van der Waals surface area contributed by atoms with Gasteiger partial charge in [0.1, 0.15) is 5.15 Å². The third-order valence-electron chi connectivity index (χ3n) is 1.58. The fraction of sp³-hybridized carbons (Fsp3) is 0.250. The first-order chi connectivity index (χ1) is 6.57. The number of aromatic nitrogens is 1. The van der Waals surface area contributed by atoms with Gasteiger partial charge in [-0.3, -0.25) is 0 Å². The zero-order valence-electron chi connectivity index (χ0n) is 6.77. The number of rotatable bonds is 2. The van der Waals surface area contributed by atoms with Gasteiger partial charge in [-0.25, -0.2) is 13.8 Å². The highest BCUT2D eigenvalue weighted by atomic mass is 35.5. The summed E-state index contributed by atoms with van der Waals surface area (Å²) in [6.45, 7) is 0. The van der Waals surface area contributed by atoms with Crippen molar-refractivity contribution < 1.29 is 8.78 Å². The lowest BCUT2D eigenvalue weighted by atomic mass is 10.1. The quantitative estimate of drug-likeness (QED) is 0.739. The van der Waals surface area contributed by atoms with Crippen LogP contribution >= 0.6 is 23.2 Å². The summed E-state index contributed by atoms with van der Waals surface area (Å²) in [6, 6.07) is 1.78. The summed E-state index contributed by atoms with van der Waals surface area (Å²) in [6.07, 6.45) is -1.94. The molecule has 0 bridgehead atoms. The third-order valence-corrected chi connectivity index (χ3v) is 2.35. The highest BCUT2D eigenvalue weighted by molar-refractivity contribution is 6.35. The Balaban J connectivity index is 3.27. The molecule has 0 saturated heterocycles. The summed E-state index contributed by atoms with van der Waals surface area (Å²) in [4.78, 5) is 3.53. The van der Waals surface area contributed by atoms with Crippen molar-refractivity contribution in [1.82, 2.24) is 4.98 Å².